The largest absolute Gasteiger partial charge is 0.392 e. The molecule has 0 amide bonds. The highest BCUT2D eigenvalue weighted by Crippen LogP contribution is 2.22. The monoisotopic (exact) mass is 325 g/mol. The van der Waals surface area contributed by atoms with Crippen molar-refractivity contribution < 1.29 is 5.11 Å². The van der Waals surface area contributed by atoms with Crippen molar-refractivity contribution in [2.24, 2.45) is 4.99 Å². The average Bonchev–Trinajstić information content (AvgIpc) is 3.05. The summed E-state index contributed by atoms with van der Waals surface area (Å²) >= 11 is 0. The molecule has 1 aromatic carbocycles. The van der Waals surface area contributed by atoms with Crippen molar-refractivity contribution in [1.82, 2.24) is 0 Å². The molecule has 0 atom stereocenters. The van der Waals surface area contributed by atoms with Crippen LogP contribution in [0.25, 0.3) is 6.08 Å². The second-order valence-corrected chi connectivity index (χ2v) is 6.14. The summed E-state index contributed by atoms with van der Waals surface area (Å²) in [4.78, 5) is 3.83. The predicted molar refractivity (Wildman–Crippen MR) is 106 cm³/mol. The van der Waals surface area contributed by atoms with Crippen molar-refractivity contribution in [2.75, 3.05) is 0 Å². The van der Waals surface area contributed by atoms with E-state index in [1.54, 1.807) is 5.57 Å². The fourth-order valence-corrected chi connectivity index (χ4v) is 2.72. The van der Waals surface area contributed by atoms with Gasteiger partial charge in [0.15, 0.2) is 0 Å². The van der Waals surface area contributed by atoms with E-state index in [-0.39, 0.29) is 6.61 Å². The van der Waals surface area contributed by atoms with Crippen LogP contribution in [-0.4, -0.2) is 11.8 Å². The smallest absolute Gasteiger partial charge is 0.0687 e. The van der Waals surface area contributed by atoms with E-state index in [2.05, 4.69) is 37.7 Å². The normalized spacial score (nSPS) is 13.8. The van der Waals surface area contributed by atoms with E-state index >= 15 is 0 Å². The van der Waals surface area contributed by atoms with E-state index in [1.165, 1.54) is 31.3 Å². The Morgan fingerprint density at radius 3 is 2.62 bits per heavy atom. The molecule has 0 aliphatic heterocycles. The molecule has 0 bridgehead atoms. The molecule has 2 heteroatoms. The molecule has 1 aliphatic rings. The number of aryl methyl sites for hydroxylation is 1. The van der Waals surface area contributed by atoms with Crippen LogP contribution in [0.15, 0.2) is 52.2 Å². The highest BCUT2D eigenvalue weighted by molar-refractivity contribution is 5.60. The zero-order chi connectivity index (χ0) is 17.9. The Labute approximate surface area is 147 Å². The lowest BCUT2D eigenvalue weighted by atomic mass is 10.0. The Hall–Kier alpha value is -1.93. The predicted octanol–water partition coefficient (Wildman–Crippen LogP) is 6.00. The van der Waals surface area contributed by atoms with E-state index in [4.69, 9.17) is 5.11 Å². The maximum atomic E-state index is 9.15. The Morgan fingerprint density at radius 2 is 2.08 bits per heavy atom. The molecule has 0 unspecified atom stereocenters. The number of aliphatic imine (C=N–C) groups is 1. The summed E-state index contributed by atoms with van der Waals surface area (Å²) in [6, 6.07) is 5.87. The first kappa shape index (κ1) is 20.1. The van der Waals surface area contributed by atoms with Crippen LogP contribution in [0.1, 0.15) is 63.1 Å². The topological polar surface area (TPSA) is 32.6 Å². The van der Waals surface area contributed by atoms with Gasteiger partial charge < -0.3 is 5.11 Å². The number of hydrogen-bond acceptors (Lipinski definition) is 2. The van der Waals surface area contributed by atoms with Crippen LogP contribution in [0.4, 0.5) is 0 Å². The van der Waals surface area contributed by atoms with Gasteiger partial charge >= 0.3 is 0 Å². The standard InChI is InChI=1S/C12H15NO.C10H16/c1-9-5-4-6-11(8-14)12(9)7-10(2)13-3;1-3-5-10-7-6-9(4-2)8-10/h4-7,14H,3,8H2,1-2H3;6,8H,3-5,7H2,1-2H3/b10-7-;. The van der Waals surface area contributed by atoms with Crippen molar-refractivity contribution in [3.8, 4) is 0 Å². The van der Waals surface area contributed by atoms with E-state index in [0.717, 1.165) is 22.4 Å². The number of benzene rings is 1. The fraction of sp³-hybridized carbons (Fsp3) is 0.409. The third-order valence-corrected chi connectivity index (χ3v) is 4.18. The quantitative estimate of drug-likeness (QED) is 0.639. The third-order valence-electron chi connectivity index (χ3n) is 4.18. The summed E-state index contributed by atoms with van der Waals surface area (Å²) in [7, 11) is 0. The van der Waals surface area contributed by atoms with Crippen molar-refractivity contribution >= 4 is 12.8 Å². The molecule has 0 heterocycles. The van der Waals surface area contributed by atoms with Crippen molar-refractivity contribution in [2.45, 2.75) is 60.0 Å². The molecular formula is C22H31NO. The first-order chi connectivity index (χ1) is 11.5. The lowest BCUT2D eigenvalue weighted by Gasteiger charge is -2.06. The molecule has 1 N–H and O–H groups in total. The van der Waals surface area contributed by atoms with E-state index < -0.39 is 0 Å². The molecule has 0 saturated carbocycles. The molecule has 0 aromatic heterocycles. The molecular weight excluding hydrogens is 294 g/mol. The first-order valence-corrected chi connectivity index (χ1v) is 8.78. The van der Waals surface area contributed by atoms with Crippen molar-refractivity contribution in [3.63, 3.8) is 0 Å². The first-order valence-electron chi connectivity index (χ1n) is 8.78. The van der Waals surface area contributed by atoms with Gasteiger partial charge in [-0.3, -0.25) is 4.99 Å². The van der Waals surface area contributed by atoms with Crippen LogP contribution < -0.4 is 0 Å². The van der Waals surface area contributed by atoms with Crippen molar-refractivity contribution in [3.05, 3.63) is 63.9 Å². The second kappa shape index (κ2) is 10.8. The van der Waals surface area contributed by atoms with Gasteiger partial charge in [0.1, 0.15) is 0 Å². The van der Waals surface area contributed by atoms with Crippen LogP contribution >= 0.6 is 0 Å². The van der Waals surface area contributed by atoms with E-state index in [0.29, 0.717) is 0 Å². The van der Waals surface area contributed by atoms with E-state index in [1.807, 2.05) is 38.1 Å². The molecule has 1 aromatic rings. The number of rotatable bonds is 6. The molecule has 130 valence electrons. The maximum absolute atomic E-state index is 9.15. The molecule has 0 radical (unpaired) electrons. The molecule has 1 aliphatic carbocycles. The molecule has 0 saturated heterocycles. The van der Waals surface area contributed by atoms with Gasteiger partial charge in [-0.25, -0.2) is 0 Å². The molecule has 24 heavy (non-hydrogen) atoms. The Kier molecular flexibility index (Phi) is 9.03. The van der Waals surface area contributed by atoms with Crippen LogP contribution in [-0.2, 0) is 6.61 Å². The summed E-state index contributed by atoms with van der Waals surface area (Å²) in [6.07, 6.45) is 11.7. The van der Waals surface area contributed by atoms with Crippen LogP contribution in [0.3, 0.4) is 0 Å². The summed E-state index contributed by atoms with van der Waals surface area (Å²) in [5.41, 5.74) is 7.12. The minimum absolute atomic E-state index is 0.0535. The Bertz CT molecular complexity index is 635. The van der Waals surface area contributed by atoms with Gasteiger partial charge in [-0.2, -0.15) is 0 Å². The van der Waals surface area contributed by atoms with Gasteiger partial charge in [-0.1, -0.05) is 61.8 Å². The number of aliphatic hydroxyl groups excluding tert-OH is 1. The highest BCUT2D eigenvalue weighted by atomic mass is 16.3. The van der Waals surface area contributed by atoms with Gasteiger partial charge in [0, 0.05) is 5.70 Å². The number of aliphatic hydroxyl groups is 1. The lowest BCUT2D eigenvalue weighted by Crippen LogP contribution is -1.91. The fourth-order valence-electron chi connectivity index (χ4n) is 2.72. The Morgan fingerprint density at radius 1 is 1.33 bits per heavy atom. The molecule has 2 nitrogen and oxygen atoms in total. The number of allylic oxidation sites excluding steroid dienone is 5. The summed E-state index contributed by atoms with van der Waals surface area (Å²) in [5, 5.41) is 9.15. The van der Waals surface area contributed by atoms with Gasteiger partial charge in [0.2, 0.25) is 0 Å². The van der Waals surface area contributed by atoms with Gasteiger partial charge in [-0.15, -0.1) is 0 Å². The molecule has 0 fully saturated rings. The third kappa shape index (κ3) is 6.29. The minimum atomic E-state index is 0.0535. The SMILES string of the molecule is C=N/C(C)=C\c1c(C)cccc1CO.CCCC1=CC(CC)=CC1. The van der Waals surface area contributed by atoms with Crippen LogP contribution in [0.2, 0.25) is 0 Å². The van der Waals surface area contributed by atoms with Crippen LogP contribution in [0.5, 0.6) is 0 Å². The van der Waals surface area contributed by atoms with Gasteiger partial charge in [0.05, 0.1) is 6.61 Å². The zero-order valence-corrected chi connectivity index (χ0v) is 15.6. The summed E-state index contributed by atoms with van der Waals surface area (Å²) < 4.78 is 0. The lowest BCUT2D eigenvalue weighted by molar-refractivity contribution is 0.281. The zero-order valence-electron chi connectivity index (χ0n) is 15.6. The average molecular weight is 325 g/mol. The number of hydrogen-bond donors (Lipinski definition) is 1. The summed E-state index contributed by atoms with van der Waals surface area (Å²) in [5.74, 6) is 0. The molecule has 0 spiro atoms. The maximum Gasteiger partial charge on any atom is 0.0687 e. The van der Waals surface area contributed by atoms with E-state index in [9.17, 15) is 0 Å². The second-order valence-electron chi connectivity index (χ2n) is 6.14. The number of nitrogens with zero attached hydrogens (tertiary/aromatic N) is 1. The summed E-state index contributed by atoms with van der Waals surface area (Å²) in [6.45, 7) is 11.9. The minimum Gasteiger partial charge on any atom is -0.392 e. The van der Waals surface area contributed by atoms with Gasteiger partial charge in [-0.05, 0) is 62.6 Å². The highest BCUT2D eigenvalue weighted by Gasteiger charge is 2.03. The van der Waals surface area contributed by atoms with Gasteiger partial charge in [0.25, 0.3) is 0 Å². The Balaban J connectivity index is 0.000000254. The molecule has 2 rings (SSSR count). The van der Waals surface area contributed by atoms with Crippen molar-refractivity contribution in [1.29, 1.82) is 0 Å². The van der Waals surface area contributed by atoms with Crippen LogP contribution in [0, 0.1) is 6.92 Å².